The van der Waals surface area contributed by atoms with E-state index in [9.17, 15) is 58.5 Å². The van der Waals surface area contributed by atoms with E-state index in [4.69, 9.17) is 22.9 Å². The van der Waals surface area contributed by atoms with Crippen LogP contribution in [0.5, 0.6) is 5.75 Å². The molecule has 0 saturated carbocycles. The lowest BCUT2D eigenvalue weighted by Crippen LogP contribution is -2.63. The number of phenols is 1. The number of nitrogens with one attached hydrogen (secondary N) is 12. The van der Waals surface area contributed by atoms with Gasteiger partial charge in [0.1, 0.15) is 66.2 Å². The van der Waals surface area contributed by atoms with E-state index in [-0.39, 0.29) is 68.4 Å². The zero-order chi connectivity index (χ0) is 79.7. The minimum absolute atomic E-state index is 0.0136. The molecule has 0 aliphatic carbocycles. The summed E-state index contributed by atoms with van der Waals surface area (Å²) in [5.41, 5.74) is 27.2. The van der Waals surface area contributed by atoms with Crippen LogP contribution >= 0.6 is 44.2 Å². The molecule has 6 rings (SSSR count). The number of nitrogens with two attached hydrogens (primary N) is 4. The number of benzene rings is 4. The number of aliphatic hydroxyl groups is 2. The molecule has 12 atom stereocenters. The lowest BCUT2D eigenvalue weighted by atomic mass is 9.99. The van der Waals surface area contributed by atoms with Gasteiger partial charge in [-0.3, -0.25) is 57.5 Å². The number of amides is 12. The fraction of sp³-hybridized carbons (Fsp3) is 0.493. The van der Waals surface area contributed by atoms with Crippen LogP contribution in [0, 0.1) is 3.57 Å². The summed E-state index contributed by atoms with van der Waals surface area (Å²) in [6.07, 6.45) is 2.14. The molecule has 0 bridgehead atoms. The number of rotatable bonds is 27. The lowest BCUT2D eigenvalue weighted by molar-refractivity contribution is -0.137. The summed E-state index contributed by atoms with van der Waals surface area (Å²) in [7, 11) is 1.99. The second-order valence-electron chi connectivity index (χ2n) is 27.3. The number of carbonyl (C=O) groups excluding carboxylic acids is 12. The van der Waals surface area contributed by atoms with E-state index in [0.29, 0.717) is 69.0 Å². The lowest BCUT2D eigenvalue weighted by Gasteiger charge is -2.29. The van der Waals surface area contributed by atoms with Crippen LogP contribution in [0.1, 0.15) is 126 Å². The summed E-state index contributed by atoms with van der Waals surface area (Å²) in [4.78, 5) is 177. The average molecular weight is 1660 g/mol. The van der Waals surface area contributed by atoms with Crippen LogP contribution in [0.3, 0.4) is 0 Å². The van der Waals surface area contributed by atoms with Crippen molar-refractivity contribution in [2.75, 3.05) is 24.7 Å². The first-order chi connectivity index (χ1) is 52.1. The van der Waals surface area contributed by atoms with Gasteiger partial charge in [-0.1, -0.05) is 153 Å². The molecule has 31 nitrogen and oxygen atoms in total. The highest BCUT2D eigenvalue weighted by atomic mass is 125. The fourth-order valence-electron chi connectivity index (χ4n) is 11.8. The number of H-pyrrole nitrogens is 1. The molecule has 5 aromatic rings. The Morgan fingerprint density at radius 1 is 0.532 bits per heavy atom. The van der Waals surface area contributed by atoms with Gasteiger partial charge < -0.3 is 102 Å². The Morgan fingerprint density at radius 3 is 1.56 bits per heavy atom. The molecule has 0 radical (unpaired) electrons. The average Bonchev–Trinajstić information content (AvgIpc) is 1.68. The van der Waals surface area contributed by atoms with Gasteiger partial charge in [-0.15, -0.1) is 0 Å². The summed E-state index contributed by atoms with van der Waals surface area (Å²) in [6, 6.07) is 10.1. The van der Waals surface area contributed by atoms with Gasteiger partial charge in [0.2, 0.25) is 70.9 Å². The largest absolute Gasteiger partial charge is 0.507 e. The molecule has 1 aliphatic heterocycles. The van der Waals surface area contributed by atoms with Crippen molar-refractivity contribution in [2.24, 2.45) is 22.9 Å². The molecule has 0 unspecified atom stereocenters. The summed E-state index contributed by atoms with van der Waals surface area (Å²) >= 11 is 1.87. The van der Waals surface area contributed by atoms with Crippen LogP contribution in [0.2, 0.25) is 0 Å². The van der Waals surface area contributed by atoms with Crippen molar-refractivity contribution in [1.29, 1.82) is 0 Å². The number of fused-ring (bicyclic) bond motifs is 1. The second-order valence-corrected chi connectivity index (χ2v) is 31.0. The zero-order valence-electron chi connectivity index (χ0n) is 61.7. The number of phenolic OH excluding ortho intramolecular Hbond substituents is 1. The van der Waals surface area contributed by atoms with Crippen molar-refractivity contribution in [3.63, 3.8) is 0 Å². The third-order valence-electron chi connectivity index (χ3n) is 18.1. The fourth-order valence-corrected chi connectivity index (χ4v) is 14.7. The van der Waals surface area contributed by atoms with Gasteiger partial charge in [0, 0.05) is 73.3 Å². The number of unbranched alkanes of at least 4 members (excludes halogenated alkanes) is 5. The Bertz CT molecular complexity index is 3880. The molecule has 12 amide bonds. The van der Waals surface area contributed by atoms with Crippen LogP contribution in [0.15, 0.2) is 103 Å². The maximum atomic E-state index is 15.5. The summed E-state index contributed by atoms with van der Waals surface area (Å²) in [5, 5.41) is 63.1. The third-order valence-corrected chi connectivity index (χ3v) is 21.4. The SMILES string of the molecule is CCCCCCC[C@@H]1NC(=O)[C@H](Cc2ccc(O)c([125I])c2)NC(=O)[C@H]([C@@H](C)O)NC(=O)[C@H](Cc2ccc(CNC(C)C)cc2)NC(=O)[C@@H](Cc2c[nH]c3ccccc23)NC(=O)[C@H](CCC(N)=O)NC(=O)[C@H](Cc2ccccc2)NC(=O)[C@H](CCCCN)NC(=O)[C@@H](N)CSSC[C@@H](C(N)=O)NC(=O)[C@H](CO)NC1=O. The number of aromatic hydroxyl groups is 1. The first kappa shape index (κ1) is 89.0. The predicted octanol–water partition coefficient (Wildman–Crippen LogP) is 0.430. The minimum Gasteiger partial charge on any atom is -0.507 e. The Kier molecular flexibility index (Phi) is 37.5. The van der Waals surface area contributed by atoms with Gasteiger partial charge in [0.05, 0.1) is 22.3 Å². The maximum Gasteiger partial charge on any atom is 0.245 e. The Morgan fingerprint density at radius 2 is 1.00 bits per heavy atom. The molecular formula is C75H105IN16O15S2. The molecule has 594 valence electrons. The highest BCUT2D eigenvalue weighted by Crippen LogP contribution is 2.25. The van der Waals surface area contributed by atoms with E-state index in [1.165, 1.54) is 19.1 Å². The van der Waals surface area contributed by atoms with Crippen molar-refractivity contribution < 1.29 is 72.9 Å². The molecule has 1 fully saturated rings. The number of hydrogen-bond donors (Lipinski definition) is 19. The third kappa shape index (κ3) is 29.8. The number of carbonyl (C=O) groups is 12. The van der Waals surface area contributed by atoms with E-state index < -0.39 is 163 Å². The number of halogens is 1. The topological polar surface area (TPSA) is 518 Å². The van der Waals surface area contributed by atoms with Crippen LogP contribution in [-0.4, -0.2) is 194 Å². The summed E-state index contributed by atoms with van der Waals surface area (Å²) in [5.74, 6) is -12.0. The Hall–Kier alpha value is -8.91. The van der Waals surface area contributed by atoms with Crippen LogP contribution in [-0.2, 0) is 89.8 Å². The Balaban J connectivity index is 1.48. The zero-order valence-corrected chi connectivity index (χ0v) is 65.5. The van der Waals surface area contributed by atoms with Gasteiger partial charge >= 0.3 is 0 Å². The molecule has 0 spiro atoms. The van der Waals surface area contributed by atoms with E-state index in [2.05, 4.69) is 63.5 Å². The van der Waals surface area contributed by atoms with Crippen molar-refractivity contribution >= 4 is 126 Å². The normalized spacial score (nSPS) is 23.0. The molecule has 109 heavy (non-hydrogen) atoms. The quantitative estimate of drug-likeness (QED) is 0.0193. The molecule has 1 saturated heterocycles. The van der Waals surface area contributed by atoms with E-state index >= 15 is 14.4 Å². The molecular weight excluding hydrogens is 1550 g/mol. The van der Waals surface area contributed by atoms with Crippen LogP contribution in [0.4, 0.5) is 0 Å². The number of aromatic nitrogens is 1. The number of primary amides is 2. The molecule has 2 heterocycles. The molecule has 1 aliphatic rings. The monoisotopic (exact) mass is 1660 g/mol. The Labute approximate surface area is 655 Å². The molecule has 23 N–H and O–H groups in total. The maximum absolute atomic E-state index is 15.5. The smallest absolute Gasteiger partial charge is 0.245 e. The van der Waals surface area contributed by atoms with Crippen molar-refractivity contribution in [1.82, 2.24) is 63.5 Å². The van der Waals surface area contributed by atoms with Crippen LogP contribution < -0.4 is 81.4 Å². The van der Waals surface area contributed by atoms with Gasteiger partial charge in [-0.25, -0.2) is 0 Å². The summed E-state index contributed by atoms with van der Waals surface area (Å²) in [6.45, 7) is 6.87. The van der Waals surface area contributed by atoms with Crippen molar-refractivity contribution in [3.05, 3.63) is 135 Å². The minimum atomic E-state index is -1.90. The second kappa shape index (κ2) is 45.9. The highest BCUT2D eigenvalue weighted by Gasteiger charge is 2.38. The first-order valence-electron chi connectivity index (χ1n) is 36.6. The number of hydrogen-bond acceptors (Lipinski definition) is 20. The van der Waals surface area contributed by atoms with Gasteiger partial charge in [0.15, 0.2) is 0 Å². The first-order valence-corrected chi connectivity index (χ1v) is 40.1. The van der Waals surface area contributed by atoms with E-state index in [1.807, 2.05) is 55.5 Å². The van der Waals surface area contributed by atoms with Crippen molar-refractivity contribution in [3.8, 4) is 5.75 Å². The summed E-state index contributed by atoms with van der Waals surface area (Å²) < 4.78 is 0.364. The predicted molar refractivity (Wildman–Crippen MR) is 424 cm³/mol. The standard InChI is InChI=1S/C75H105IN16O15S2/c1-5-6-7-8-12-21-54-68(100)90-60(39-93)74(106)91-61(65(80)97)41-109-108-40-51(78)66(98)83-53(22-15-16-31-77)67(99)86-56(33-44-17-10-9-11-18-44)70(102)85-55(28-30-63(79)96)69(101)88-59(36-48-38-82-52-20-14-13-19-49(48)52)72(104)87-57(34-45-23-25-46(26-24-45)37-81-42(2)3)73(105)92-64(43(4)94)75(107)89-58(71(103)84-54)35-47-27-29-62(95)50(76)32-47/h9-11,13-14,17-20,23-27,29,32,38,42-43,51,53-61,64,81-82,93-95H,5-8,12,15-16,21-22,28,30-31,33-37,39-41,77-78H2,1-4H3,(H2,79,96)(H2,80,97)(H,83,98)(H,84,103)(H,85,102)(H,86,99)(H,87,104)(H,88,101)(H,89,107)(H,90,100)(H,91,106)(H,92,105)/t43-,51+,53+,54+,55+,56+,57+,58+,59-,60+,61+,64+/m1/s1/i76-2. The number of aromatic amines is 1. The molecule has 1 aromatic heterocycles. The van der Waals surface area contributed by atoms with E-state index in [1.54, 1.807) is 79.0 Å². The number of aliphatic hydroxyl groups excluding tert-OH is 2. The molecule has 4 aromatic carbocycles. The van der Waals surface area contributed by atoms with Gasteiger partial charge in [-0.2, -0.15) is 0 Å². The van der Waals surface area contributed by atoms with Crippen LogP contribution in [0.25, 0.3) is 10.9 Å². The van der Waals surface area contributed by atoms with Gasteiger partial charge in [-0.05, 0) is 114 Å². The molecule has 34 heteroatoms. The number of para-hydroxylation sites is 1. The van der Waals surface area contributed by atoms with E-state index in [0.717, 1.165) is 46.4 Å². The highest BCUT2D eigenvalue weighted by molar-refractivity contribution is 14.1. The van der Waals surface area contributed by atoms with Crippen molar-refractivity contribution in [2.45, 2.75) is 209 Å². The van der Waals surface area contributed by atoms with Gasteiger partial charge in [0.25, 0.3) is 0 Å².